The number of rotatable bonds is 6. The van der Waals surface area contributed by atoms with Gasteiger partial charge in [-0.15, -0.1) is 0 Å². The third-order valence-electron chi connectivity index (χ3n) is 10.5. The number of anilines is 1. The highest BCUT2D eigenvalue weighted by Crippen LogP contribution is 2.45. The molecule has 3 aliphatic rings. The number of nitrogens with zero attached hydrogens (tertiary/aromatic N) is 5. The second-order valence-corrected chi connectivity index (χ2v) is 15.3. The number of H-pyrrole nitrogens is 2. The first-order valence-corrected chi connectivity index (χ1v) is 18.5. The lowest BCUT2D eigenvalue weighted by molar-refractivity contribution is -0.121. The van der Waals surface area contributed by atoms with Crippen LogP contribution in [0.1, 0.15) is 68.5 Å². The monoisotopic (exact) mass is 738 g/mol. The first kappa shape index (κ1) is 35.6. The van der Waals surface area contributed by atoms with Gasteiger partial charge in [-0.25, -0.2) is 19.6 Å². The molecule has 0 radical (unpaired) electrons. The van der Waals surface area contributed by atoms with Crippen molar-refractivity contribution < 1.29 is 23.9 Å². The molecule has 0 unspecified atom stereocenters. The van der Waals surface area contributed by atoms with Gasteiger partial charge in [-0.3, -0.25) is 14.6 Å². The molecule has 0 saturated carbocycles. The molecule has 1 saturated heterocycles. The number of para-hydroxylation sites is 1. The number of amides is 3. The average molecular weight is 739 g/mol. The van der Waals surface area contributed by atoms with Crippen molar-refractivity contribution in [3.63, 3.8) is 0 Å². The van der Waals surface area contributed by atoms with Gasteiger partial charge in [0.2, 0.25) is 5.91 Å². The number of nitriles is 1. The Morgan fingerprint density at radius 3 is 2.04 bits per heavy atom. The second kappa shape index (κ2) is 14.1. The van der Waals surface area contributed by atoms with Crippen molar-refractivity contribution >= 4 is 23.8 Å². The topological polar surface area (TPSA) is 169 Å². The van der Waals surface area contributed by atoms with E-state index in [1.807, 2.05) is 57.2 Å². The van der Waals surface area contributed by atoms with Gasteiger partial charge >= 0.3 is 12.2 Å². The normalized spacial score (nSPS) is 20.5. The van der Waals surface area contributed by atoms with Crippen LogP contribution in [0, 0.1) is 17.2 Å². The van der Waals surface area contributed by atoms with Crippen molar-refractivity contribution in [2.45, 2.75) is 70.2 Å². The third-order valence-corrected chi connectivity index (χ3v) is 10.5. The Kier molecular flexibility index (Phi) is 9.12. The maximum atomic E-state index is 13.9. The maximum Gasteiger partial charge on any atom is 0.410 e. The van der Waals surface area contributed by atoms with Gasteiger partial charge in [0.15, 0.2) is 0 Å². The fourth-order valence-electron chi connectivity index (χ4n) is 7.89. The van der Waals surface area contributed by atoms with E-state index in [0.717, 1.165) is 50.5 Å². The summed E-state index contributed by atoms with van der Waals surface area (Å²) >= 11 is 0. The zero-order valence-electron chi connectivity index (χ0n) is 31.1. The number of imidazole rings is 2. The van der Waals surface area contributed by atoms with E-state index in [1.54, 1.807) is 22.2 Å². The molecule has 3 amide bonds. The molecule has 3 N–H and O–H groups in total. The van der Waals surface area contributed by atoms with Crippen LogP contribution < -0.4 is 10.2 Å². The summed E-state index contributed by atoms with van der Waals surface area (Å²) in [7, 11) is 1.29. The van der Waals surface area contributed by atoms with Crippen molar-refractivity contribution in [3.8, 4) is 39.7 Å². The molecule has 5 heterocycles. The maximum absolute atomic E-state index is 13.9. The van der Waals surface area contributed by atoms with Crippen LogP contribution in [0.3, 0.4) is 0 Å². The lowest BCUT2D eigenvalue weighted by Gasteiger charge is -2.27. The van der Waals surface area contributed by atoms with Crippen LogP contribution in [0.4, 0.5) is 15.3 Å². The van der Waals surface area contributed by atoms with E-state index in [0.29, 0.717) is 43.9 Å². The molecular weight excluding hydrogens is 697 g/mol. The largest absolute Gasteiger partial charge is 0.453 e. The number of aromatic amines is 2. The predicted octanol–water partition coefficient (Wildman–Crippen LogP) is 7.26. The third kappa shape index (κ3) is 6.91. The highest BCUT2D eigenvalue weighted by atomic mass is 16.6. The first-order valence-electron chi connectivity index (χ1n) is 18.5. The predicted molar refractivity (Wildman–Crippen MR) is 204 cm³/mol. The molecule has 13 nitrogen and oxygen atoms in total. The second-order valence-electron chi connectivity index (χ2n) is 15.3. The van der Waals surface area contributed by atoms with E-state index in [-0.39, 0.29) is 23.9 Å². The number of aromatic nitrogens is 4. The van der Waals surface area contributed by atoms with Crippen LogP contribution in [-0.2, 0) is 27.1 Å². The summed E-state index contributed by atoms with van der Waals surface area (Å²) in [5, 5.41) is 12.3. The summed E-state index contributed by atoms with van der Waals surface area (Å²) < 4.78 is 10.4. The number of likely N-dealkylation sites (tertiary alicyclic amines) is 1. The van der Waals surface area contributed by atoms with Gasteiger partial charge in [0.05, 0.1) is 60.6 Å². The molecule has 13 heteroatoms. The number of carbonyl (C=O) groups excluding carboxylic acids is 3. The molecule has 3 aliphatic heterocycles. The summed E-state index contributed by atoms with van der Waals surface area (Å²) in [6, 6.07) is 23.4. The van der Waals surface area contributed by atoms with Gasteiger partial charge in [0, 0.05) is 13.0 Å². The highest BCUT2D eigenvalue weighted by Gasteiger charge is 2.43. The minimum atomic E-state index is -0.701. The Hall–Kier alpha value is -6.42. The van der Waals surface area contributed by atoms with Crippen molar-refractivity contribution in [3.05, 3.63) is 102 Å². The Bertz CT molecular complexity index is 2300. The van der Waals surface area contributed by atoms with Crippen LogP contribution >= 0.6 is 0 Å². The molecule has 1 fully saturated rings. The van der Waals surface area contributed by atoms with Crippen LogP contribution in [0.5, 0.6) is 0 Å². The van der Waals surface area contributed by atoms with E-state index >= 15 is 0 Å². The molecule has 0 aliphatic carbocycles. The first-order chi connectivity index (χ1) is 26.5. The Balaban J connectivity index is 0.967. The standard InChI is InChI=1S/C42H42N8O5/c1-42(2,3)55-41(53)49-23-24(20-43)18-34(49)37-44-21-32(46-37)27-12-8-25(9-13-27)26-10-14-28(15-11-26)33-22-45-38(47-33)35-19-30-7-5-6-29-16-17-31(48-40(52)54-4)39(51)50(35)36(29)30/h5-15,21-22,24,31,34-35H,16-19,23H2,1-4H3,(H,44,46)(H,45,47)(H,48,52)/t24-,31+,34+,35+/m1/s1. The van der Waals surface area contributed by atoms with E-state index in [4.69, 9.17) is 14.5 Å². The van der Waals surface area contributed by atoms with Gasteiger partial charge in [0.1, 0.15) is 23.3 Å². The molecule has 4 atom stereocenters. The molecular formula is C42H42N8O5. The number of hydrogen-bond donors (Lipinski definition) is 3. The number of hydrogen-bond acceptors (Lipinski definition) is 8. The number of aryl methyl sites for hydroxylation is 1. The van der Waals surface area contributed by atoms with E-state index in [1.165, 1.54) is 7.11 Å². The van der Waals surface area contributed by atoms with Crippen LogP contribution in [0.25, 0.3) is 33.6 Å². The van der Waals surface area contributed by atoms with E-state index in [9.17, 15) is 19.6 Å². The lowest BCUT2D eigenvalue weighted by Crippen LogP contribution is -2.48. The van der Waals surface area contributed by atoms with Crippen molar-refractivity contribution in [2.24, 2.45) is 5.92 Å². The van der Waals surface area contributed by atoms with Crippen molar-refractivity contribution in [1.82, 2.24) is 30.2 Å². The van der Waals surface area contributed by atoms with E-state index in [2.05, 4.69) is 56.7 Å². The minimum Gasteiger partial charge on any atom is -0.453 e. The molecule has 0 spiro atoms. The fraction of sp³-hybridized carbons (Fsp3) is 0.333. The van der Waals surface area contributed by atoms with Crippen LogP contribution in [0.2, 0.25) is 0 Å². The lowest BCUT2D eigenvalue weighted by atomic mass is 10.0. The molecule has 8 rings (SSSR count). The molecule has 5 aromatic rings. The molecule has 280 valence electrons. The number of alkyl carbamates (subject to hydrolysis) is 1. The molecule has 55 heavy (non-hydrogen) atoms. The van der Waals surface area contributed by atoms with Gasteiger partial charge in [-0.2, -0.15) is 5.26 Å². The van der Waals surface area contributed by atoms with E-state index < -0.39 is 23.8 Å². The molecule has 3 aromatic carbocycles. The smallest absolute Gasteiger partial charge is 0.410 e. The zero-order chi connectivity index (χ0) is 38.4. The number of ether oxygens (including phenoxy) is 2. The summed E-state index contributed by atoms with van der Waals surface area (Å²) in [5.74, 6) is 0.839. The number of benzene rings is 3. The Morgan fingerprint density at radius 2 is 1.45 bits per heavy atom. The Morgan fingerprint density at radius 1 is 0.873 bits per heavy atom. The zero-order valence-corrected chi connectivity index (χ0v) is 31.1. The van der Waals surface area contributed by atoms with Gasteiger partial charge in [0.25, 0.3) is 0 Å². The number of methoxy groups -OCH3 is 1. The van der Waals surface area contributed by atoms with Gasteiger partial charge < -0.3 is 24.8 Å². The summed E-state index contributed by atoms with van der Waals surface area (Å²) in [6.45, 7) is 5.77. The average Bonchev–Trinajstić information content (AvgIpc) is 3.99. The van der Waals surface area contributed by atoms with Crippen LogP contribution in [0.15, 0.2) is 79.1 Å². The van der Waals surface area contributed by atoms with Gasteiger partial charge in [-0.1, -0.05) is 66.7 Å². The summed E-state index contributed by atoms with van der Waals surface area (Å²) in [6.07, 6.45) is 4.73. The van der Waals surface area contributed by atoms with Crippen molar-refractivity contribution in [2.75, 3.05) is 18.6 Å². The number of nitrogens with one attached hydrogen (secondary N) is 3. The number of carbonyl (C=O) groups is 3. The molecule has 2 aromatic heterocycles. The van der Waals surface area contributed by atoms with Crippen molar-refractivity contribution in [1.29, 1.82) is 5.26 Å². The minimum absolute atomic E-state index is 0.173. The summed E-state index contributed by atoms with van der Waals surface area (Å²) in [5.41, 5.74) is 8.07. The highest BCUT2D eigenvalue weighted by molar-refractivity contribution is 6.02. The van der Waals surface area contributed by atoms with Crippen LogP contribution in [-0.4, -0.2) is 68.2 Å². The molecule has 0 bridgehead atoms. The van der Waals surface area contributed by atoms with Gasteiger partial charge in [-0.05, 0) is 73.4 Å². The summed E-state index contributed by atoms with van der Waals surface area (Å²) in [4.78, 5) is 58.6. The quantitative estimate of drug-likeness (QED) is 0.164. The fourth-order valence-corrected chi connectivity index (χ4v) is 7.89. The SMILES string of the molecule is COC(=O)N[C@H]1CCc2cccc3c2N(C1=O)[C@H](c1ncc(-c2ccc(-c4ccc(-c5cnc([C@@H]6C[C@H](C#N)CN6C(=O)OC(C)(C)C)[nH]5)cc4)cc2)[nH]1)C3. The Labute approximate surface area is 318 Å².